The molecule has 1 aromatic carbocycles. The van der Waals surface area contributed by atoms with Crippen molar-refractivity contribution in [1.82, 2.24) is 10.2 Å². The van der Waals surface area contributed by atoms with Crippen molar-refractivity contribution in [2.24, 2.45) is 5.92 Å². The monoisotopic (exact) mass is 288 g/mol. The van der Waals surface area contributed by atoms with Gasteiger partial charge < -0.3 is 5.32 Å². The van der Waals surface area contributed by atoms with Crippen LogP contribution < -0.4 is 5.32 Å². The van der Waals surface area contributed by atoms with Gasteiger partial charge in [0.15, 0.2) is 0 Å². The van der Waals surface area contributed by atoms with Gasteiger partial charge in [0.1, 0.15) is 0 Å². The molecule has 0 amide bonds. The first-order valence-corrected chi connectivity index (χ1v) is 8.41. The zero-order valence-corrected chi connectivity index (χ0v) is 14.4. The molecule has 0 atom stereocenters. The first-order valence-electron chi connectivity index (χ1n) is 8.41. The molecule has 0 aromatic heterocycles. The minimum Gasteiger partial charge on any atom is -0.308 e. The SMILES string of the molecule is CC(C)CN(Cc1ccccc1CNC(C)(C)C)C1CC1. The molecule has 1 aliphatic rings. The Kier molecular flexibility index (Phi) is 5.45. The van der Waals surface area contributed by atoms with Gasteiger partial charge in [-0.05, 0) is 50.7 Å². The summed E-state index contributed by atoms with van der Waals surface area (Å²) in [5.41, 5.74) is 3.10. The third-order valence-corrected chi connectivity index (χ3v) is 3.96. The molecule has 1 aromatic rings. The Hall–Kier alpha value is -0.860. The van der Waals surface area contributed by atoms with Crippen LogP contribution in [0.4, 0.5) is 0 Å². The summed E-state index contributed by atoms with van der Waals surface area (Å²) in [6.45, 7) is 14.6. The first-order chi connectivity index (χ1) is 9.85. The zero-order chi connectivity index (χ0) is 15.5. The lowest BCUT2D eigenvalue weighted by Gasteiger charge is -2.26. The molecule has 1 fully saturated rings. The Bertz CT molecular complexity index is 441. The lowest BCUT2D eigenvalue weighted by atomic mass is 10.0. The van der Waals surface area contributed by atoms with E-state index < -0.39 is 0 Å². The summed E-state index contributed by atoms with van der Waals surface area (Å²) in [5, 5.41) is 3.62. The van der Waals surface area contributed by atoms with Crippen molar-refractivity contribution in [3.05, 3.63) is 35.4 Å². The van der Waals surface area contributed by atoms with Crippen LogP contribution >= 0.6 is 0 Å². The average Bonchev–Trinajstić information content (AvgIpc) is 3.19. The molecule has 1 N–H and O–H groups in total. The van der Waals surface area contributed by atoms with Crippen LogP contribution in [0.2, 0.25) is 0 Å². The van der Waals surface area contributed by atoms with E-state index in [9.17, 15) is 0 Å². The van der Waals surface area contributed by atoms with Crippen LogP contribution in [0, 0.1) is 5.92 Å². The van der Waals surface area contributed by atoms with E-state index in [1.807, 2.05) is 0 Å². The van der Waals surface area contributed by atoms with Gasteiger partial charge >= 0.3 is 0 Å². The highest BCUT2D eigenvalue weighted by molar-refractivity contribution is 5.27. The molecule has 118 valence electrons. The number of nitrogens with one attached hydrogen (secondary N) is 1. The van der Waals surface area contributed by atoms with Gasteiger partial charge in [0.2, 0.25) is 0 Å². The van der Waals surface area contributed by atoms with Gasteiger partial charge in [-0.1, -0.05) is 38.1 Å². The summed E-state index contributed by atoms with van der Waals surface area (Å²) in [4.78, 5) is 2.68. The molecule has 0 aliphatic heterocycles. The molecule has 0 heterocycles. The standard InChI is InChI=1S/C19H32N2/c1-15(2)13-21(18-10-11-18)14-17-9-7-6-8-16(17)12-20-19(3,4)5/h6-9,15,18,20H,10-14H2,1-5H3. The van der Waals surface area contributed by atoms with Crippen LogP contribution in [0.15, 0.2) is 24.3 Å². The summed E-state index contributed by atoms with van der Waals surface area (Å²) in [5.74, 6) is 0.741. The summed E-state index contributed by atoms with van der Waals surface area (Å²) in [6.07, 6.45) is 2.77. The topological polar surface area (TPSA) is 15.3 Å². The largest absolute Gasteiger partial charge is 0.308 e. The van der Waals surface area contributed by atoms with Crippen LogP contribution in [-0.4, -0.2) is 23.0 Å². The maximum Gasteiger partial charge on any atom is 0.0240 e. The Balaban J connectivity index is 2.04. The van der Waals surface area contributed by atoms with E-state index in [0.717, 1.165) is 25.0 Å². The number of nitrogens with zero attached hydrogens (tertiary/aromatic N) is 1. The van der Waals surface area contributed by atoms with E-state index in [0.29, 0.717) is 0 Å². The van der Waals surface area contributed by atoms with Crippen LogP contribution in [0.1, 0.15) is 58.6 Å². The van der Waals surface area contributed by atoms with E-state index in [1.165, 1.54) is 30.5 Å². The molecule has 0 radical (unpaired) electrons. The van der Waals surface area contributed by atoms with E-state index >= 15 is 0 Å². The number of hydrogen-bond donors (Lipinski definition) is 1. The van der Waals surface area contributed by atoms with Crippen LogP contribution in [0.25, 0.3) is 0 Å². The normalized spacial score (nSPS) is 16.0. The predicted molar refractivity (Wildman–Crippen MR) is 91.3 cm³/mol. The Morgan fingerprint density at radius 3 is 2.29 bits per heavy atom. The van der Waals surface area contributed by atoms with Crippen molar-refractivity contribution in [3.8, 4) is 0 Å². The highest BCUT2D eigenvalue weighted by Crippen LogP contribution is 2.29. The maximum atomic E-state index is 3.62. The van der Waals surface area contributed by atoms with Gasteiger partial charge in [0.25, 0.3) is 0 Å². The molecule has 21 heavy (non-hydrogen) atoms. The van der Waals surface area contributed by atoms with Gasteiger partial charge in [-0.3, -0.25) is 4.90 Å². The van der Waals surface area contributed by atoms with Crippen molar-refractivity contribution in [1.29, 1.82) is 0 Å². The Labute approximate surface area is 130 Å². The van der Waals surface area contributed by atoms with Crippen LogP contribution in [0.3, 0.4) is 0 Å². The summed E-state index contributed by atoms with van der Waals surface area (Å²) in [6, 6.07) is 9.74. The first kappa shape index (κ1) is 16.5. The van der Waals surface area contributed by atoms with Gasteiger partial charge in [-0.2, -0.15) is 0 Å². The fourth-order valence-electron chi connectivity index (χ4n) is 2.71. The second kappa shape index (κ2) is 6.93. The number of hydrogen-bond acceptors (Lipinski definition) is 2. The second-order valence-corrected chi connectivity index (χ2v) is 7.93. The van der Waals surface area contributed by atoms with Gasteiger partial charge in [-0.25, -0.2) is 0 Å². The maximum absolute atomic E-state index is 3.62. The summed E-state index contributed by atoms with van der Waals surface area (Å²) >= 11 is 0. The van der Waals surface area contributed by atoms with Crippen molar-refractivity contribution in [2.45, 2.75) is 72.1 Å². The third-order valence-electron chi connectivity index (χ3n) is 3.96. The van der Waals surface area contributed by atoms with Crippen molar-refractivity contribution >= 4 is 0 Å². The quantitative estimate of drug-likeness (QED) is 0.809. The molecule has 1 aliphatic carbocycles. The average molecular weight is 288 g/mol. The number of rotatable bonds is 7. The van der Waals surface area contributed by atoms with E-state index in [1.54, 1.807) is 0 Å². The minimum absolute atomic E-state index is 0.168. The molecule has 2 rings (SSSR count). The molecule has 0 spiro atoms. The summed E-state index contributed by atoms with van der Waals surface area (Å²) in [7, 11) is 0. The molecular weight excluding hydrogens is 256 g/mol. The van der Waals surface area contributed by atoms with Gasteiger partial charge in [0, 0.05) is 31.2 Å². The molecule has 0 unspecified atom stereocenters. The Morgan fingerprint density at radius 2 is 1.76 bits per heavy atom. The van der Waals surface area contributed by atoms with E-state index in [-0.39, 0.29) is 5.54 Å². The van der Waals surface area contributed by atoms with E-state index in [2.05, 4.69) is 69.1 Å². The van der Waals surface area contributed by atoms with Crippen LogP contribution in [0.5, 0.6) is 0 Å². The fraction of sp³-hybridized carbons (Fsp3) is 0.684. The molecule has 1 saturated carbocycles. The predicted octanol–water partition coefficient (Wildman–Crippen LogP) is 4.20. The lowest BCUT2D eigenvalue weighted by molar-refractivity contribution is 0.225. The minimum atomic E-state index is 0.168. The molecular formula is C19H32N2. The molecule has 0 saturated heterocycles. The number of benzene rings is 1. The highest BCUT2D eigenvalue weighted by atomic mass is 15.2. The smallest absolute Gasteiger partial charge is 0.0240 e. The zero-order valence-electron chi connectivity index (χ0n) is 14.4. The fourth-order valence-corrected chi connectivity index (χ4v) is 2.71. The van der Waals surface area contributed by atoms with E-state index in [4.69, 9.17) is 0 Å². The van der Waals surface area contributed by atoms with Crippen LogP contribution in [-0.2, 0) is 13.1 Å². The van der Waals surface area contributed by atoms with Crippen molar-refractivity contribution < 1.29 is 0 Å². The molecule has 2 nitrogen and oxygen atoms in total. The third kappa shape index (κ3) is 5.80. The van der Waals surface area contributed by atoms with Crippen molar-refractivity contribution in [2.75, 3.05) is 6.54 Å². The second-order valence-electron chi connectivity index (χ2n) is 7.93. The van der Waals surface area contributed by atoms with Crippen molar-refractivity contribution in [3.63, 3.8) is 0 Å². The highest BCUT2D eigenvalue weighted by Gasteiger charge is 2.29. The lowest BCUT2D eigenvalue weighted by Crippen LogP contribution is -2.36. The van der Waals surface area contributed by atoms with Gasteiger partial charge in [-0.15, -0.1) is 0 Å². The Morgan fingerprint density at radius 1 is 1.14 bits per heavy atom. The van der Waals surface area contributed by atoms with Gasteiger partial charge in [0.05, 0.1) is 0 Å². The molecule has 0 bridgehead atoms. The summed E-state index contributed by atoms with van der Waals surface area (Å²) < 4.78 is 0. The molecule has 2 heteroatoms.